The summed E-state index contributed by atoms with van der Waals surface area (Å²) in [6, 6.07) is 0. The number of aryl methyl sites for hydroxylation is 1. The molecular weight excluding hydrogens is 208 g/mol. The fourth-order valence-corrected chi connectivity index (χ4v) is 1.76. The van der Waals surface area contributed by atoms with Crippen molar-refractivity contribution in [1.82, 2.24) is 9.78 Å². The molecule has 1 aromatic heterocycles. The van der Waals surface area contributed by atoms with Crippen molar-refractivity contribution in [3.63, 3.8) is 0 Å². The molecule has 0 aliphatic carbocycles. The maximum absolute atomic E-state index is 9.95. The molecule has 1 N–H and O–H groups in total. The summed E-state index contributed by atoms with van der Waals surface area (Å²) in [6.45, 7) is 4.21. The summed E-state index contributed by atoms with van der Waals surface area (Å²) >= 11 is 0. The molecule has 0 saturated carbocycles. The Kier molecular flexibility index (Phi) is 3.93. The molecule has 1 aromatic rings. The Morgan fingerprint density at radius 3 is 3.00 bits per heavy atom. The van der Waals surface area contributed by atoms with Crippen molar-refractivity contribution in [2.24, 2.45) is 0 Å². The zero-order valence-electron chi connectivity index (χ0n) is 9.50. The Morgan fingerprint density at radius 2 is 2.31 bits per heavy atom. The van der Waals surface area contributed by atoms with Gasteiger partial charge in [-0.2, -0.15) is 5.10 Å². The lowest BCUT2D eigenvalue weighted by atomic mass is 10.1. The van der Waals surface area contributed by atoms with Crippen LogP contribution in [0.3, 0.4) is 0 Å². The first-order valence-electron chi connectivity index (χ1n) is 5.73. The highest BCUT2D eigenvalue weighted by Crippen LogP contribution is 2.21. The van der Waals surface area contributed by atoms with Gasteiger partial charge < -0.3 is 14.6 Å². The second-order valence-electron chi connectivity index (χ2n) is 3.96. The van der Waals surface area contributed by atoms with E-state index in [1.165, 1.54) is 0 Å². The van der Waals surface area contributed by atoms with E-state index in [9.17, 15) is 5.11 Å². The summed E-state index contributed by atoms with van der Waals surface area (Å²) in [4.78, 5) is 0. The number of aliphatic hydroxyl groups excluding tert-OH is 1. The lowest BCUT2D eigenvalue weighted by Crippen LogP contribution is -2.12. The molecule has 0 radical (unpaired) electrons. The topological polar surface area (TPSA) is 56.5 Å². The fourth-order valence-electron chi connectivity index (χ4n) is 1.76. The fraction of sp³-hybridized carbons (Fsp3) is 0.727. The Hall–Kier alpha value is -0.910. The van der Waals surface area contributed by atoms with Gasteiger partial charge in [0, 0.05) is 24.7 Å². The van der Waals surface area contributed by atoms with Crippen molar-refractivity contribution in [3.05, 3.63) is 18.0 Å². The Labute approximate surface area is 95.0 Å². The highest BCUT2D eigenvalue weighted by atomic mass is 16.7. The summed E-state index contributed by atoms with van der Waals surface area (Å²) in [5.74, 6) is 0. The zero-order valence-corrected chi connectivity index (χ0v) is 9.50. The van der Waals surface area contributed by atoms with Crippen LogP contribution in [0, 0.1) is 0 Å². The predicted octanol–water partition coefficient (Wildman–Crippen LogP) is 1.09. The number of rotatable bonds is 5. The first-order valence-corrected chi connectivity index (χ1v) is 5.73. The van der Waals surface area contributed by atoms with Gasteiger partial charge in [-0.3, -0.25) is 4.68 Å². The molecule has 2 rings (SSSR count). The van der Waals surface area contributed by atoms with E-state index in [-0.39, 0.29) is 6.29 Å². The molecule has 1 fully saturated rings. The van der Waals surface area contributed by atoms with Crippen molar-refractivity contribution in [3.8, 4) is 0 Å². The Bertz CT molecular complexity index is 321. The predicted molar refractivity (Wildman–Crippen MR) is 57.8 cm³/mol. The number of ether oxygens (including phenoxy) is 2. The number of nitrogens with zero attached hydrogens (tertiary/aromatic N) is 2. The van der Waals surface area contributed by atoms with E-state index in [1.54, 1.807) is 6.20 Å². The molecule has 1 aliphatic heterocycles. The largest absolute Gasteiger partial charge is 0.388 e. The molecule has 16 heavy (non-hydrogen) atoms. The highest BCUT2D eigenvalue weighted by Gasteiger charge is 2.21. The van der Waals surface area contributed by atoms with E-state index < -0.39 is 6.10 Å². The van der Waals surface area contributed by atoms with E-state index in [4.69, 9.17) is 9.47 Å². The average Bonchev–Trinajstić information content (AvgIpc) is 2.89. The highest BCUT2D eigenvalue weighted by molar-refractivity contribution is 5.07. The second-order valence-corrected chi connectivity index (χ2v) is 3.96. The molecule has 0 bridgehead atoms. The van der Waals surface area contributed by atoms with Gasteiger partial charge in [0.05, 0.1) is 25.5 Å². The Balaban J connectivity index is 1.89. The van der Waals surface area contributed by atoms with Gasteiger partial charge >= 0.3 is 0 Å². The molecule has 0 aromatic carbocycles. The van der Waals surface area contributed by atoms with E-state index >= 15 is 0 Å². The van der Waals surface area contributed by atoms with Gasteiger partial charge in [0.15, 0.2) is 6.29 Å². The van der Waals surface area contributed by atoms with Crippen LogP contribution in [-0.2, 0) is 16.0 Å². The zero-order chi connectivity index (χ0) is 11.4. The summed E-state index contributed by atoms with van der Waals surface area (Å²) in [7, 11) is 0. The minimum absolute atomic E-state index is 0.274. The van der Waals surface area contributed by atoms with Crippen molar-refractivity contribution in [2.45, 2.75) is 38.7 Å². The van der Waals surface area contributed by atoms with E-state index in [1.807, 2.05) is 10.9 Å². The maximum atomic E-state index is 9.95. The van der Waals surface area contributed by atoms with Crippen LogP contribution in [0.4, 0.5) is 0 Å². The number of aromatic nitrogens is 2. The normalized spacial score (nSPS) is 19.1. The van der Waals surface area contributed by atoms with Gasteiger partial charge in [0.1, 0.15) is 0 Å². The molecule has 1 aliphatic rings. The number of hydrogen-bond donors (Lipinski definition) is 1. The third-order valence-corrected chi connectivity index (χ3v) is 2.60. The molecule has 2 heterocycles. The monoisotopic (exact) mass is 226 g/mol. The van der Waals surface area contributed by atoms with Gasteiger partial charge in [-0.25, -0.2) is 0 Å². The quantitative estimate of drug-likeness (QED) is 0.816. The van der Waals surface area contributed by atoms with Gasteiger partial charge in [0.2, 0.25) is 0 Å². The van der Waals surface area contributed by atoms with Crippen LogP contribution in [0.25, 0.3) is 0 Å². The molecule has 0 spiro atoms. The molecule has 1 unspecified atom stereocenters. The van der Waals surface area contributed by atoms with Gasteiger partial charge in [-0.15, -0.1) is 0 Å². The molecular formula is C11H18N2O3. The maximum Gasteiger partial charge on any atom is 0.160 e. The Morgan fingerprint density at radius 1 is 1.56 bits per heavy atom. The molecule has 90 valence electrons. The molecule has 5 nitrogen and oxygen atoms in total. The van der Waals surface area contributed by atoms with Crippen LogP contribution in [0.2, 0.25) is 0 Å². The summed E-state index contributed by atoms with van der Waals surface area (Å²) in [5, 5.41) is 14.1. The van der Waals surface area contributed by atoms with Crippen LogP contribution in [0.5, 0.6) is 0 Å². The lowest BCUT2D eigenvalue weighted by molar-refractivity contribution is -0.0707. The van der Waals surface area contributed by atoms with E-state index in [2.05, 4.69) is 12.0 Å². The van der Waals surface area contributed by atoms with Gasteiger partial charge in [0.25, 0.3) is 0 Å². The minimum atomic E-state index is -0.561. The number of hydrogen-bond acceptors (Lipinski definition) is 4. The standard InChI is InChI=1S/C11H18N2O3/c1-2-3-13-8-9(7-12-13)10(14)6-11-15-4-5-16-11/h7-8,10-11,14H,2-6H2,1H3. The van der Waals surface area contributed by atoms with E-state index in [0.29, 0.717) is 19.6 Å². The lowest BCUT2D eigenvalue weighted by Gasteiger charge is -2.13. The first kappa shape index (κ1) is 11.6. The van der Waals surface area contributed by atoms with Crippen molar-refractivity contribution < 1.29 is 14.6 Å². The van der Waals surface area contributed by atoms with Gasteiger partial charge in [-0.05, 0) is 6.42 Å². The first-order chi connectivity index (χ1) is 7.79. The summed E-state index contributed by atoms with van der Waals surface area (Å²) in [6.07, 6.45) is 4.25. The van der Waals surface area contributed by atoms with Crippen LogP contribution in [-0.4, -0.2) is 34.4 Å². The third-order valence-electron chi connectivity index (χ3n) is 2.60. The second kappa shape index (κ2) is 5.43. The summed E-state index contributed by atoms with van der Waals surface area (Å²) in [5.41, 5.74) is 0.826. The van der Waals surface area contributed by atoms with E-state index in [0.717, 1.165) is 18.5 Å². The van der Waals surface area contributed by atoms with Crippen molar-refractivity contribution >= 4 is 0 Å². The van der Waals surface area contributed by atoms with Crippen molar-refractivity contribution in [1.29, 1.82) is 0 Å². The molecule has 0 amide bonds. The molecule has 5 heteroatoms. The third kappa shape index (κ3) is 2.81. The summed E-state index contributed by atoms with van der Waals surface area (Å²) < 4.78 is 12.4. The smallest absolute Gasteiger partial charge is 0.160 e. The van der Waals surface area contributed by atoms with Crippen LogP contribution >= 0.6 is 0 Å². The average molecular weight is 226 g/mol. The van der Waals surface area contributed by atoms with Crippen LogP contribution in [0.15, 0.2) is 12.4 Å². The minimum Gasteiger partial charge on any atom is -0.388 e. The number of aliphatic hydroxyl groups is 1. The van der Waals surface area contributed by atoms with Crippen LogP contribution in [0.1, 0.15) is 31.4 Å². The van der Waals surface area contributed by atoms with Gasteiger partial charge in [-0.1, -0.05) is 6.92 Å². The molecule has 1 atom stereocenters. The SMILES string of the molecule is CCCn1cc(C(O)CC2OCCO2)cn1. The van der Waals surface area contributed by atoms with Crippen LogP contribution < -0.4 is 0 Å². The molecule has 1 saturated heterocycles. The van der Waals surface area contributed by atoms with Crippen molar-refractivity contribution in [2.75, 3.05) is 13.2 Å².